The third-order valence-corrected chi connectivity index (χ3v) is 4.68. The van der Waals surface area contributed by atoms with Crippen molar-refractivity contribution in [1.29, 1.82) is 0 Å². The normalized spacial score (nSPS) is 15.4. The quantitative estimate of drug-likeness (QED) is 0.809. The van der Waals surface area contributed by atoms with Crippen LogP contribution in [0.5, 0.6) is 0 Å². The lowest BCUT2D eigenvalue weighted by Crippen LogP contribution is -2.33. The van der Waals surface area contributed by atoms with Crippen LogP contribution in [0.1, 0.15) is 21.8 Å². The van der Waals surface area contributed by atoms with Crippen LogP contribution in [0.3, 0.4) is 0 Å². The highest BCUT2D eigenvalue weighted by Gasteiger charge is 2.24. The average molecular weight is 276 g/mol. The zero-order chi connectivity index (χ0) is 13.6. The fraction of sp³-hybridized carbons (Fsp3) is 0.385. The van der Waals surface area contributed by atoms with Crippen molar-refractivity contribution in [2.45, 2.75) is 13.3 Å². The number of nitrogens with two attached hydrogens (primary N) is 1. The Kier molecular flexibility index (Phi) is 2.82. The van der Waals surface area contributed by atoms with Crippen molar-refractivity contribution < 1.29 is 4.79 Å². The van der Waals surface area contributed by atoms with Gasteiger partial charge in [0.1, 0.15) is 9.71 Å². The van der Waals surface area contributed by atoms with Crippen molar-refractivity contribution in [1.82, 2.24) is 14.7 Å². The Morgan fingerprint density at radius 3 is 2.89 bits per heavy atom. The standard InChI is InChI=1S/C13H16N4OS/c1-8-9-10(14)11(19-13(9)16(2)15-8)12(18)17-6-4-3-5-7-17/h3-4H,5-7,14H2,1-2H3. The number of anilines is 1. The molecule has 0 fully saturated rings. The van der Waals surface area contributed by atoms with Crippen LogP contribution in [0, 0.1) is 6.92 Å². The maximum atomic E-state index is 12.5. The van der Waals surface area contributed by atoms with Crippen LogP contribution in [-0.2, 0) is 7.05 Å². The van der Waals surface area contributed by atoms with Crippen molar-refractivity contribution >= 4 is 33.1 Å². The molecule has 0 saturated heterocycles. The second kappa shape index (κ2) is 4.38. The zero-order valence-electron chi connectivity index (χ0n) is 11.0. The lowest BCUT2D eigenvalue weighted by atomic mass is 10.2. The lowest BCUT2D eigenvalue weighted by Gasteiger charge is -2.22. The van der Waals surface area contributed by atoms with E-state index in [9.17, 15) is 4.79 Å². The highest BCUT2D eigenvalue weighted by molar-refractivity contribution is 7.21. The number of aromatic nitrogens is 2. The molecule has 1 aliphatic rings. The van der Waals surface area contributed by atoms with E-state index in [1.807, 2.05) is 24.9 Å². The first kappa shape index (κ1) is 12.2. The summed E-state index contributed by atoms with van der Waals surface area (Å²) in [5.74, 6) is 0.0300. The molecule has 2 N–H and O–H groups in total. The summed E-state index contributed by atoms with van der Waals surface area (Å²) in [6.45, 7) is 3.35. The SMILES string of the molecule is Cc1nn(C)c2sc(C(=O)N3CC=CCC3)c(N)c12. The molecular formula is C13H16N4OS. The van der Waals surface area contributed by atoms with Crippen molar-refractivity contribution in [2.75, 3.05) is 18.8 Å². The summed E-state index contributed by atoms with van der Waals surface area (Å²) >= 11 is 1.43. The molecule has 0 saturated carbocycles. The summed E-state index contributed by atoms with van der Waals surface area (Å²) in [6.07, 6.45) is 5.04. The van der Waals surface area contributed by atoms with Gasteiger partial charge in [0.2, 0.25) is 0 Å². The van der Waals surface area contributed by atoms with Crippen LogP contribution in [0.25, 0.3) is 10.2 Å². The van der Waals surface area contributed by atoms with Gasteiger partial charge in [0, 0.05) is 20.1 Å². The molecule has 0 radical (unpaired) electrons. The number of nitrogen functional groups attached to an aromatic ring is 1. The Morgan fingerprint density at radius 2 is 2.26 bits per heavy atom. The molecule has 0 aromatic carbocycles. The van der Waals surface area contributed by atoms with Gasteiger partial charge in [0.15, 0.2) is 0 Å². The molecule has 2 aromatic heterocycles. The van der Waals surface area contributed by atoms with Gasteiger partial charge in [-0.05, 0) is 13.3 Å². The third-order valence-electron chi connectivity index (χ3n) is 3.42. The number of carbonyl (C=O) groups excluding carboxylic acids is 1. The number of aryl methyl sites for hydroxylation is 2. The Bertz CT molecular complexity index is 682. The second-order valence-corrected chi connectivity index (χ2v) is 5.74. The van der Waals surface area contributed by atoms with Crippen LogP contribution in [0.2, 0.25) is 0 Å². The summed E-state index contributed by atoms with van der Waals surface area (Å²) in [7, 11) is 1.88. The number of fused-ring (bicyclic) bond motifs is 1. The molecular weight excluding hydrogens is 260 g/mol. The molecule has 0 unspecified atom stereocenters. The van der Waals surface area contributed by atoms with Crippen LogP contribution >= 0.6 is 11.3 Å². The number of thiophene rings is 1. The van der Waals surface area contributed by atoms with Gasteiger partial charge in [-0.25, -0.2) is 0 Å². The summed E-state index contributed by atoms with van der Waals surface area (Å²) in [4.78, 5) is 15.9. The van der Waals surface area contributed by atoms with Gasteiger partial charge in [-0.3, -0.25) is 9.48 Å². The van der Waals surface area contributed by atoms with E-state index in [0.717, 1.165) is 28.9 Å². The topological polar surface area (TPSA) is 64.2 Å². The minimum absolute atomic E-state index is 0.0300. The molecule has 3 rings (SSSR count). The van der Waals surface area contributed by atoms with Gasteiger partial charge >= 0.3 is 0 Å². The Hall–Kier alpha value is -1.82. The van der Waals surface area contributed by atoms with E-state index in [-0.39, 0.29) is 5.91 Å². The number of rotatable bonds is 1. The van der Waals surface area contributed by atoms with E-state index in [0.29, 0.717) is 17.1 Å². The number of amides is 1. The molecule has 19 heavy (non-hydrogen) atoms. The highest BCUT2D eigenvalue weighted by Crippen LogP contribution is 2.36. The summed E-state index contributed by atoms with van der Waals surface area (Å²) in [5.41, 5.74) is 7.61. The minimum Gasteiger partial charge on any atom is -0.397 e. The van der Waals surface area contributed by atoms with Crippen LogP contribution in [-0.4, -0.2) is 33.7 Å². The second-order valence-electron chi connectivity index (χ2n) is 4.75. The number of nitrogens with zero attached hydrogens (tertiary/aromatic N) is 3. The van der Waals surface area contributed by atoms with E-state index in [1.54, 1.807) is 4.68 Å². The van der Waals surface area contributed by atoms with E-state index in [1.165, 1.54) is 11.3 Å². The first-order valence-corrected chi connectivity index (χ1v) is 7.07. The Balaban J connectivity index is 2.05. The smallest absolute Gasteiger partial charge is 0.266 e. The predicted molar refractivity (Wildman–Crippen MR) is 77.4 cm³/mol. The molecule has 0 atom stereocenters. The van der Waals surface area contributed by atoms with Crippen molar-refractivity contribution in [2.24, 2.45) is 7.05 Å². The number of hydrogen-bond donors (Lipinski definition) is 1. The molecule has 1 aliphatic heterocycles. The summed E-state index contributed by atoms with van der Waals surface area (Å²) in [6, 6.07) is 0. The van der Waals surface area contributed by atoms with Gasteiger partial charge in [0.05, 0.1) is 16.8 Å². The molecule has 100 valence electrons. The fourth-order valence-electron chi connectivity index (χ4n) is 2.46. The predicted octanol–water partition coefficient (Wildman–Crippen LogP) is 1.93. The van der Waals surface area contributed by atoms with E-state index < -0.39 is 0 Å². The zero-order valence-corrected chi connectivity index (χ0v) is 11.8. The highest BCUT2D eigenvalue weighted by atomic mass is 32.1. The molecule has 3 heterocycles. The Labute approximate surface area is 115 Å². The van der Waals surface area contributed by atoms with Crippen molar-refractivity contribution in [3.05, 3.63) is 22.7 Å². The van der Waals surface area contributed by atoms with Crippen LogP contribution in [0.4, 0.5) is 5.69 Å². The maximum Gasteiger partial charge on any atom is 0.266 e. The van der Waals surface area contributed by atoms with E-state index in [4.69, 9.17) is 5.73 Å². The molecule has 6 heteroatoms. The van der Waals surface area contributed by atoms with Gasteiger partial charge < -0.3 is 10.6 Å². The Morgan fingerprint density at radius 1 is 1.47 bits per heavy atom. The van der Waals surface area contributed by atoms with Gasteiger partial charge in [-0.2, -0.15) is 5.10 Å². The monoisotopic (exact) mass is 276 g/mol. The van der Waals surface area contributed by atoms with Crippen molar-refractivity contribution in [3.63, 3.8) is 0 Å². The minimum atomic E-state index is 0.0300. The summed E-state index contributed by atoms with van der Waals surface area (Å²) in [5, 5.41) is 5.25. The van der Waals surface area contributed by atoms with Crippen molar-refractivity contribution in [3.8, 4) is 0 Å². The number of carbonyl (C=O) groups is 1. The maximum absolute atomic E-state index is 12.5. The van der Waals surface area contributed by atoms with E-state index >= 15 is 0 Å². The largest absolute Gasteiger partial charge is 0.397 e. The van der Waals surface area contributed by atoms with Gasteiger partial charge in [0.25, 0.3) is 5.91 Å². The molecule has 0 aliphatic carbocycles. The van der Waals surface area contributed by atoms with Crippen LogP contribution in [0.15, 0.2) is 12.2 Å². The molecule has 2 aromatic rings. The number of hydrogen-bond acceptors (Lipinski definition) is 4. The fourth-order valence-corrected chi connectivity index (χ4v) is 3.61. The first-order chi connectivity index (χ1) is 9.09. The molecule has 1 amide bonds. The molecule has 5 nitrogen and oxygen atoms in total. The van der Waals surface area contributed by atoms with Gasteiger partial charge in [-0.15, -0.1) is 11.3 Å². The average Bonchev–Trinajstić information content (AvgIpc) is 2.89. The first-order valence-electron chi connectivity index (χ1n) is 6.25. The van der Waals surface area contributed by atoms with Gasteiger partial charge in [-0.1, -0.05) is 12.2 Å². The summed E-state index contributed by atoms with van der Waals surface area (Å²) < 4.78 is 1.79. The van der Waals surface area contributed by atoms with E-state index in [2.05, 4.69) is 11.2 Å². The molecule has 0 spiro atoms. The lowest BCUT2D eigenvalue weighted by molar-refractivity contribution is 0.0777. The third kappa shape index (κ3) is 1.83. The molecule has 0 bridgehead atoms. The van der Waals surface area contributed by atoms with Crippen LogP contribution < -0.4 is 5.73 Å².